The number of hydrazine groups is 1. The lowest BCUT2D eigenvalue weighted by Gasteiger charge is -2.27. The molecule has 1 aromatic carbocycles. The lowest BCUT2D eigenvalue weighted by molar-refractivity contribution is -0.143. The van der Waals surface area contributed by atoms with Crippen molar-refractivity contribution < 1.29 is 15.0 Å². The largest absolute Gasteiger partial charge is 0.480 e. The second kappa shape index (κ2) is 6.81. The van der Waals surface area contributed by atoms with Gasteiger partial charge in [0, 0.05) is 19.1 Å². The van der Waals surface area contributed by atoms with Crippen LogP contribution in [0.15, 0.2) is 24.3 Å². The predicted octanol–water partition coefficient (Wildman–Crippen LogP) is 0.103. The van der Waals surface area contributed by atoms with E-state index in [-0.39, 0.29) is 12.6 Å². The van der Waals surface area contributed by atoms with Gasteiger partial charge < -0.3 is 10.2 Å². The highest BCUT2D eigenvalue weighted by atomic mass is 16.4. The first-order valence-electron chi connectivity index (χ1n) is 6.73. The summed E-state index contributed by atoms with van der Waals surface area (Å²) in [6.45, 7) is 1.53. The zero-order chi connectivity index (χ0) is 14.5. The molecule has 20 heavy (non-hydrogen) atoms. The number of hydrogen-bond donors (Lipinski definition) is 4. The van der Waals surface area contributed by atoms with Crippen LogP contribution >= 0.6 is 0 Å². The second-order valence-corrected chi connectivity index (χ2v) is 5.14. The summed E-state index contributed by atoms with van der Waals surface area (Å²) in [5.74, 6) is -0.866. The molecule has 0 bridgehead atoms. The molecule has 1 saturated heterocycles. The second-order valence-electron chi connectivity index (χ2n) is 5.14. The summed E-state index contributed by atoms with van der Waals surface area (Å²) in [5, 5.41) is 18.5. The molecule has 1 fully saturated rings. The van der Waals surface area contributed by atoms with Gasteiger partial charge in [-0.3, -0.25) is 20.5 Å². The number of nitrogens with one attached hydrogen (secondary N) is 2. The minimum absolute atomic E-state index is 0.0362. The highest BCUT2D eigenvalue weighted by Crippen LogP contribution is 2.21. The van der Waals surface area contributed by atoms with Crippen LogP contribution in [-0.4, -0.2) is 47.3 Å². The summed E-state index contributed by atoms with van der Waals surface area (Å²) in [7, 11) is 1.82. The van der Waals surface area contributed by atoms with Crippen LogP contribution < -0.4 is 10.9 Å². The normalized spacial score (nSPS) is 20.2. The number of aliphatic hydroxyl groups excluding tert-OH is 1. The molecule has 110 valence electrons. The van der Waals surface area contributed by atoms with Gasteiger partial charge in [0.25, 0.3) is 0 Å². The summed E-state index contributed by atoms with van der Waals surface area (Å²) in [6, 6.07) is 6.63. The fraction of sp³-hybridized carbons (Fsp3) is 0.500. The number of nitrogens with zero attached hydrogens (tertiary/aromatic N) is 1. The number of hydrogen-bond acceptors (Lipinski definition) is 5. The van der Waals surface area contributed by atoms with Crippen molar-refractivity contribution in [2.75, 3.05) is 20.1 Å². The Kier molecular flexibility index (Phi) is 5.08. The number of benzene rings is 1. The Balaban J connectivity index is 2.10. The van der Waals surface area contributed by atoms with Gasteiger partial charge in [0.05, 0.1) is 6.61 Å². The SMILES string of the molecule is CN(CC1CCNN1)C(C(=O)O)c1ccc(CO)cc1. The van der Waals surface area contributed by atoms with Gasteiger partial charge in [0.1, 0.15) is 6.04 Å². The molecule has 0 spiro atoms. The standard InChI is InChI=1S/C14H21N3O3/c1-17(8-12-6-7-15-16-12)13(14(19)20)11-4-2-10(9-18)3-5-11/h2-5,12-13,15-16,18H,6-9H2,1H3,(H,19,20). The van der Waals surface area contributed by atoms with Crippen LogP contribution in [0.2, 0.25) is 0 Å². The van der Waals surface area contributed by atoms with E-state index in [1.54, 1.807) is 24.3 Å². The van der Waals surface area contributed by atoms with Gasteiger partial charge in [-0.2, -0.15) is 0 Å². The van der Waals surface area contributed by atoms with Gasteiger partial charge in [0.2, 0.25) is 0 Å². The highest BCUT2D eigenvalue weighted by molar-refractivity contribution is 5.75. The van der Waals surface area contributed by atoms with Crippen molar-refractivity contribution in [3.05, 3.63) is 35.4 Å². The first-order chi connectivity index (χ1) is 9.61. The van der Waals surface area contributed by atoms with Crippen molar-refractivity contribution in [3.63, 3.8) is 0 Å². The fourth-order valence-electron chi connectivity index (χ4n) is 2.52. The van der Waals surface area contributed by atoms with Gasteiger partial charge in [-0.15, -0.1) is 0 Å². The molecule has 2 atom stereocenters. The third kappa shape index (κ3) is 3.55. The van der Waals surface area contributed by atoms with E-state index in [1.807, 2.05) is 11.9 Å². The van der Waals surface area contributed by atoms with Gasteiger partial charge in [-0.1, -0.05) is 24.3 Å². The Hall–Kier alpha value is -1.47. The zero-order valence-electron chi connectivity index (χ0n) is 11.5. The van der Waals surface area contributed by atoms with Crippen LogP contribution in [0.3, 0.4) is 0 Å². The Morgan fingerprint density at radius 1 is 1.45 bits per heavy atom. The summed E-state index contributed by atoms with van der Waals surface area (Å²) in [6.07, 6.45) is 0.986. The molecule has 1 aliphatic rings. The van der Waals surface area contributed by atoms with Crippen LogP contribution in [0.4, 0.5) is 0 Å². The molecule has 2 rings (SSSR count). The Labute approximate surface area is 118 Å². The molecule has 6 heteroatoms. The van der Waals surface area contributed by atoms with Gasteiger partial charge >= 0.3 is 5.97 Å². The van der Waals surface area contributed by atoms with E-state index < -0.39 is 12.0 Å². The van der Waals surface area contributed by atoms with Crippen molar-refractivity contribution in [2.45, 2.75) is 25.1 Å². The maximum absolute atomic E-state index is 11.5. The van der Waals surface area contributed by atoms with Gasteiger partial charge in [-0.05, 0) is 24.6 Å². The third-order valence-electron chi connectivity index (χ3n) is 3.59. The minimum Gasteiger partial charge on any atom is -0.480 e. The molecule has 0 saturated carbocycles. The Morgan fingerprint density at radius 3 is 2.65 bits per heavy atom. The number of carboxylic acid groups (broad SMARTS) is 1. The summed E-state index contributed by atoms with van der Waals surface area (Å²) >= 11 is 0. The maximum atomic E-state index is 11.5. The molecule has 0 radical (unpaired) electrons. The summed E-state index contributed by atoms with van der Waals surface area (Å²) in [4.78, 5) is 13.4. The van der Waals surface area contributed by atoms with Gasteiger partial charge in [-0.25, -0.2) is 0 Å². The average Bonchev–Trinajstić information content (AvgIpc) is 2.92. The van der Waals surface area contributed by atoms with Crippen molar-refractivity contribution in [1.82, 2.24) is 15.8 Å². The van der Waals surface area contributed by atoms with Crippen LogP contribution in [0.25, 0.3) is 0 Å². The molecule has 0 aliphatic carbocycles. The number of aliphatic carboxylic acids is 1. The van der Waals surface area contributed by atoms with E-state index in [1.165, 1.54) is 0 Å². The molecule has 0 aromatic heterocycles. The number of rotatable bonds is 6. The molecule has 1 heterocycles. The number of carboxylic acids is 1. The van der Waals surface area contributed by atoms with E-state index in [2.05, 4.69) is 10.9 Å². The zero-order valence-corrected chi connectivity index (χ0v) is 11.5. The number of likely N-dealkylation sites (N-methyl/N-ethyl adjacent to an activating group) is 1. The van der Waals surface area contributed by atoms with Gasteiger partial charge in [0.15, 0.2) is 0 Å². The van der Waals surface area contributed by atoms with Crippen molar-refractivity contribution >= 4 is 5.97 Å². The lowest BCUT2D eigenvalue weighted by Crippen LogP contribution is -2.42. The summed E-state index contributed by atoms with van der Waals surface area (Å²) in [5.41, 5.74) is 7.69. The van der Waals surface area contributed by atoms with Crippen LogP contribution in [0.1, 0.15) is 23.6 Å². The van der Waals surface area contributed by atoms with E-state index in [9.17, 15) is 9.90 Å². The van der Waals surface area contributed by atoms with Crippen LogP contribution in [0.5, 0.6) is 0 Å². The third-order valence-corrected chi connectivity index (χ3v) is 3.59. The lowest BCUT2D eigenvalue weighted by atomic mass is 10.0. The minimum atomic E-state index is -0.866. The first-order valence-corrected chi connectivity index (χ1v) is 6.73. The van der Waals surface area contributed by atoms with Crippen molar-refractivity contribution in [1.29, 1.82) is 0 Å². The van der Waals surface area contributed by atoms with Crippen molar-refractivity contribution in [2.24, 2.45) is 0 Å². The molecule has 4 N–H and O–H groups in total. The van der Waals surface area contributed by atoms with E-state index in [0.29, 0.717) is 6.54 Å². The topological polar surface area (TPSA) is 84.8 Å². The quantitative estimate of drug-likeness (QED) is 0.591. The Bertz CT molecular complexity index is 443. The molecular weight excluding hydrogens is 258 g/mol. The molecule has 1 aromatic rings. The van der Waals surface area contributed by atoms with Crippen molar-refractivity contribution in [3.8, 4) is 0 Å². The first kappa shape index (κ1) is 14.9. The monoisotopic (exact) mass is 279 g/mol. The summed E-state index contributed by atoms with van der Waals surface area (Å²) < 4.78 is 0. The van der Waals surface area contributed by atoms with Crippen LogP contribution in [0, 0.1) is 0 Å². The molecule has 2 unspecified atom stereocenters. The molecular formula is C14H21N3O3. The molecule has 6 nitrogen and oxygen atoms in total. The van der Waals surface area contributed by atoms with E-state index in [0.717, 1.165) is 24.1 Å². The highest BCUT2D eigenvalue weighted by Gasteiger charge is 2.27. The molecule has 0 amide bonds. The van der Waals surface area contributed by atoms with Crippen LogP contribution in [-0.2, 0) is 11.4 Å². The van der Waals surface area contributed by atoms with E-state index in [4.69, 9.17) is 5.11 Å². The predicted molar refractivity (Wildman–Crippen MR) is 74.9 cm³/mol. The average molecular weight is 279 g/mol. The smallest absolute Gasteiger partial charge is 0.325 e. The Morgan fingerprint density at radius 2 is 2.15 bits per heavy atom. The fourth-order valence-corrected chi connectivity index (χ4v) is 2.52. The molecule has 1 aliphatic heterocycles. The van der Waals surface area contributed by atoms with E-state index >= 15 is 0 Å². The number of carbonyl (C=O) groups is 1. The maximum Gasteiger partial charge on any atom is 0.325 e. The number of aliphatic hydroxyl groups is 1.